The van der Waals surface area contributed by atoms with E-state index in [2.05, 4.69) is 26.2 Å². The number of phenols is 1. The molecule has 0 heterocycles. The predicted octanol–water partition coefficient (Wildman–Crippen LogP) is -35.2. The van der Waals surface area contributed by atoms with E-state index in [0.717, 1.165) is 30.3 Å². The maximum atomic E-state index is 11.7. The van der Waals surface area contributed by atoms with Crippen LogP contribution in [0.1, 0.15) is 73.6 Å². The quantitative estimate of drug-likeness (QED) is 0.0186. The molecule has 4 aromatic carbocycles. The van der Waals surface area contributed by atoms with Crippen LogP contribution in [0.3, 0.4) is 0 Å². The van der Waals surface area contributed by atoms with E-state index in [1.807, 2.05) is 0 Å². The Kier molecular flexibility index (Phi) is 78.5. The van der Waals surface area contributed by atoms with Gasteiger partial charge in [0.15, 0.2) is 5.75 Å². The molecule has 4 aromatic rings. The van der Waals surface area contributed by atoms with E-state index >= 15 is 0 Å². The number of rotatable bonds is 23. The number of hydrogen-bond donors (Lipinski definition) is 13. The van der Waals surface area contributed by atoms with Crippen molar-refractivity contribution >= 4 is 98.9 Å². The van der Waals surface area contributed by atoms with Crippen LogP contribution in [-0.2, 0) is 59.1 Å². The number of carbonyl (C=O) groups is 6. The first kappa shape index (κ1) is 124. The smallest absolute Gasteiger partial charge is 1.00 e. The summed E-state index contributed by atoms with van der Waals surface area (Å²) in [5.74, 6) is -6.15. The average molecular weight is 1480 g/mol. The van der Waals surface area contributed by atoms with Crippen LogP contribution in [-0.4, -0.2) is 183 Å². The molecule has 0 aliphatic rings. The molecule has 0 radical (unpaired) electrons. The van der Waals surface area contributed by atoms with Crippen LogP contribution in [0.5, 0.6) is 5.75 Å². The number of azo groups is 1. The first-order valence-electron chi connectivity index (χ1n) is 23.1. The van der Waals surface area contributed by atoms with Gasteiger partial charge in [0, 0.05) is 52.0 Å². The molecule has 0 saturated carbocycles. The molecule has 0 saturated heterocycles. The summed E-state index contributed by atoms with van der Waals surface area (Å²) in [6.07, 6.45) is -4.64. The molecular weight excluding hydrogens is 1410 g/mol. The number of aliphatic hydroxyl groups is 6. The van der Waals surface area contributed by atoms with Gasteiger partial charge in [-0.3, -0.25) is 28.8 Å². The molecule has 0 aromatic heterocycles. The van der Waals surface area contributed by atoms with Gasteiger partial charge in [0.1, 0.15) is 54.4 Å². The molecule has 3 amide bonds. The Morgan fingerprint density at radius 2 is 0.793 bits per heavy atom. The second-order valence-corrected chi connectivity index (χ2v) is 23.2. The monoisotopic (exact) mass is 1480 g/mol. The van der Waals surface area contributed by atoms with Crippen molar-refractivity contribution in [2.24, 2.45) is 26.5 Å². The van der Waals surface area contributed by atoms with Crippen LogP contribution in [0.2, 0.25) is 0 Å². The van der Waals surface area contributed by atoms with E-state index < -0.39 is 127 Å². The number of nitrogens with one attached hydrogen (secondary N) is 3. The standard InChI is InChI=1S/C20H14N2O10S3.3C9H17NO5.12Na.9H/c23-20-18(35(30,31)32)10-11-9-12(33(24,25)26)5-6-13(11)19(20)22-21-16-7-8-17(34(27,28)29)15-4-2-1-3-14(15)16;3*1-9(2,5-11)7(14)8(15)10-4-3-6(12)13;;;;;;;;;;;;;;;;;;;;;/h1-10,23H,(H,24,25,26)(H,27,28,29)(H,30,31,32);3*7,11,14H,3-5H2,1-2H3,(H,10,15)(H,12,13);;;;;;;;;;;;;;;;;;;;;/q;;;;12*+1;9*-1/p-3/t;3*7-;;;;;;;;;;;;;;;;;;;;;/m.000...................../s1. The van der Waals surface area contributed by atoms with Crippen molar-refractivity contribution < 1.29 is 486 Å². The minimum absolute atomic E-state index is 0. The number of hydrogen-bond acceptors (Lipinski definition) is 24. The van der Waals surface area contributed by atoms with Crippen molar-refractivity contribution in [3.8, 4) is 5.75 Å². The summed E-state index contributed by atoms with van der Waals surface area (Å²) in [5, 5.41) is 105. The zero-order valence-corrected chi connectivity index (χ0v) is 82.0. The summed E-state index contributed by atoms with van der Waals surface area (Å²) in [5.41, 5.74) is -3.32. The molecule has 464 valence electrons. The summed E-state index contributed by atoms with van der Waals surface area (Å²) in [6, 6.07) is 11.5. The van der Waals surface area contributed by atoms with Crippen LogP contribution in [0.15, 0.2) is 85.6 Å². The number of carboxylic acids is 3. The van der Waals surface area contributed by atoms with Gasteiger partial charge in [-0.1, -0.05) is 71.9 Å². The normalized spacial score (nSPS) is 11.5. The Bertz CT molecular complexity index is 3220. The van der Waals surface area contributed by atoms with Crippen molar-refractivity contribution in [2.75, 3.05) is 39.5 Å². The first-order chi connectivity index (χ1) is 36.6. The number of aromatic hydroxyl groups is 1. The molecule has 0 spiro atoms. The third-order valence-electron chi connectivity index (χ3n) is 11.1. The van der Waals surface area contributed by atoms with Crippen molar-refractivity contribution in [1.29, 1.82) is 0 Å². The molecule has 92 heavy (non-hydrogen) atoms. The number of phenolic OH excluding ortho intramolecular Hbond substituents is 1. The molecule has 0 unspecified atom stereocenters. The molecule has 0 fully saturated rings. The van der Waals surface area contributed by atoms with Crippen molar-refractivity contribution in [3.63, 3.8) is 0 Å². The van der Waals surface area contributed by atoms with Gasteiger partial charge in [-0.05, 0) is 35.7 Å². The van der Waals surface area contributed by atoms with Crippen LogP contribution in [0, 0.1) is 16.2 Å². The van der Waals surface area contributed by atoms with E-state index in [9.17, 15) is 88.1 Å². The van der Waals surface area contributed by atoms with Gasteiger partial charge in [0.05, 0.1) is 59.5 Å². The van der Waals surface area contributed by atoms with Crippen molar-refractivity contribution in [3.05, 3.63) is 60.7 Å². The molecule has 45 heteroatoms. The number of fused-ring (bicyclic) bond motifs is 2. The van der Waals surface area contributed by atoms with Crippen molar-refractivity contribution in [2.45, 2.75) is 93.8 Å². The van der Waals surface area contributed by atoms with Gasteiger partial charge in [0.25, 0.3) is 0 Å². The van der Waals surface area contributed by atoms with E-state index in [1.165, 1.54) is 65.8 Å². The number of carboxylic acid groups (broad SMARTS) is 3. The third-order valence-corrected chi connectivity index (χ3v) is 13.6. The van der Waals surface area contributed by atoms with Crippen LogP contribution in [0.25, 0.3) is 21.5 Å². The summed E-state index contributed by atoms with van der Waals surface area (Å²) in [7, 11) is -15.0. The van der Waals surface area contributed by atoms with Crippen molar-refractivity contribution in [1.82, 2.24) is 16.0 Å². The van der Waals surface area contributed by atoms with E-state index in [-0.39, 0.29) is 453 Å². The first-order valence-corrected chi connectivity index (χ1v) is 27.3. The SMILES string of the molecule is CC(C)(CO)[C@@H](O)C(=O)NCCC(=O)O.CC(C)(CO)[C@@H](O)C(=O)NCCC(=O)O.CC(C)(CO)[C@@H](O)C(=O)NCCC(=O)O.O=S(=O)([O-])c1ccc2c(N=Nc3ccc(S(=O)(=O)[O-])c4ccccc34)c(O)c(S(=O)(=O)[O-])cc2c1.[H-].[H-].[H-].[H-].[H-].[H-].[H-].[H-].[H-].[Na+].[Na+].[Na+].[Na+].[Na+].[Na+].[Na+].[Na+].[Na+].[Na+].[Na+].[Na+]. The molecular formula is C47H71N5Na12O25S3. The second kappa shape index (κ2) is 58.3. The summed E-state index contributed by atoms with van der Waals surface area (Å²) in [6.45, 7) is 8.11. The number of amides is 3. The van der Waals surface area contributed by atoms with Crippen LogP contribution < -0.4 is 371 Å². The van der Waals surface area contributed by atoms with Crippen LogP contribution in [0.4, 0.5) is 11.4 Å². The molecule has 3 atom stereocenters. The topological polar surface area (TPSA) is 537 Å². The third kappa shape index (κ3) is 44.2. The van der Waals surface area contributed by atoms with Gasteiger partial charge in [-0.25, -0.2) is 25.3 Å². The summed E-state index contributed by atoms with van der Waals surface area (Å²) >= 11 is 0. The number of carbonyl (C=O) groups excluding carboxylic acids is 3. The van der Waals surface area contributed by atoms with Gasteiger partial charge < -0.3 is 93.5 Å². The van der Waals surface area contributed by atoms with Gasteiger partial charge in [0.2, 0.25) is 17.7 Å². The summed E-state index contributed by atoms with van der Waals surface area (Å²) in [4.78, 5) is 61.9. The summed E-state index contributed by atoms with van der Waals surface area (Å²) < 4.78 is 104. The minimum Gasteiger partial charge on any atom is -1.00 e. The Balaban J connectivity index is -0.0000000448. The zero-order chi connectivity index (χ0) is 61.9. The molecule has 0 aliphatic carbocycles. The Morgan fingerprint density at radius 3 is 1.09 bits per heavy atom. The molecule has 4 rings (SSSR count). The van der Waals surface area contributed by atoms with Crippen LogP contribution >= 0.6 is 0 Å². The molecule has 0 bridgehead atoms. The number of aliphatic carboxylic acids is 3. The number of nitrogens with zero attached hydrogens (tertiary/aromatic N) is 2. The van der Waals surface area contributed by atoms with E-state index in [4.69, 9.17) is 30.6 Å². The Hall–Kier alpha value is 5.11. The van der Waals surface area contributed by atoms with Gasteiger partial charge >= 0.3 is 373 Å². The fourth-order valence-electron chi connectivity index (χ4n) is 5.93. The maximum absolute atomic E-state index is 11.7. The van der Waals surface area contributed by atoms with Gasteiger partial charge in [-0.2, -0.15) is 0 Å². The number of aliphatic hydroxyl groups excluding tert-OH is 6. The Morgan fingerprint density at radius 1 is 0.467 bits per heavy atom. The zero-order valence-electron chi connectivity index (χ0n) is 64.6. The van der Waals surface area contributed by atoms with E-state index in [1.54, 1.807) is 0 Å². The van der Waals surface area contributed by atoms with E-state index in [0.29, 0.717) is 6.07 Å². The van der Waals surface area contributed by atoms with Gasteiger partial charge in [-0.15, -0.1) is 10.2 Å². The fraction of sp³-hybridized carbons (Fsp3) is 0.447. The fourth-order valence-corrected chi connectivity index (χ4v) is 7.73. The predicted molar refractivity (Wildman–Crippen MR) is 284 cm³/mol. The molecule has 0 aliphatic heterocycles. The Labute approximate surface area is 812 Å². The number of benzene rings is 4. The molecule has 13 N–H and O–H groups in total. The minimum atomic E-state index is -5.27. The largest absolute Gasteiger partial charge is 1.00 e. The average Bonchev–Trinajstić information content (AvgIpc) is 3.36. The molecule has 30 nitrogen and oxygen atoms in total. The second-order valence-electron chi connectivity index (χ2n) is 19.1. The maximum Gasteiger partial charge on any atom is 1.00 e.